The summed E-state index contributed by atoms with van der Waals surface area (Å²) in [6, 6.07) is 0.336. The van der Waals surface area contributed by atoms with Crippen LogP contribution in [0.2, 0.25) is 0 Å². The highest BCUT2D eigenvalue weighted by Crippen LogP contribution is 2.27. The molecule has 3 aliphatic rings. The fourth-order valence-corrected chi connectivity index (χ4v) is 2.62. The Kier molecular flexibility index (Phi) is 3.38. The molecule has 0 saturated carbocycles. The van der Waals surface area contributed by atoms with Crippen molar-refractivity contribution in [3.63, 3.8) is 0 Å². The summed E-state index contributed by atoms with van der Waals surface area (Å²) in [6.45, 7) is 3.60. The lowest BCUT2D eigenvalue weighted by atomic mass is 9.84. The van der Waals surface area contributed by atoms with E-state index in [9.17, 15) is 0 Å². The summed E-state index contributed by atoms with van der Waals surface area (Å²) < 4.78 is 0. The lowest BCUT2D eigenvalue weighted by Gasteiger charge is -2.46. The molecule has 3 fully saturated rings. The summed E-state index contributed by atoms with van der Waals surface area (Å²) in [6.07, 6.45) is 2.53. The second-order valence-electron chi connectivity index (χ2n) is 4.47. The lowest BCUT2D eigenvalue weighted by Crippen LogP contribution is -2.59. The van der Waals surface area contributed by atoms with Crippen LogP contribution in [0.5, 0.6) is 0 Å². The number of piperidine rings is 3. The second kappa shape index (κ2) is 4.57. The van der Waals surface area contributed by atoms with Crippen molar-refractivity contribution >= 4 is 0 Å². The van der Waals surface area contributed by atoms with Gasteiger partial charge in [0, 0.05) is 12.6 Å². The summed E-state index contributed by atoms with van der Waals surface area (Å²) in [4.78, 5) is 2.46. The highest BCUT2D eigenvalue weighted by atomic mass is 16.3. The van der Waals surface area contributed by atoms with Gasteiger partial charge in [0.1, 0.15) is 0 Å². The van der Waals surface area contributed by atoms with Gasteiger partial charge in [-0.1, -0.05) is 0 Å². The quantitative estimate of drug-likeness (QED) is 0.546. The first kappa shape index (κ1) is 10.4. The molecule has 4 heteroatoms. The highest BCUT2D eigenvalue weighted by molar-refractivity contribution is 4.92. The van der Waals surface area contributed by atoms with Crippen LogP contribution in [0.25, 0.3) is 0 Å². The van der Waals surface area contributed by atoms with Crippen LogP contribution in [-0.4, -0.2) is 60.0 Å². The van der Waals surface area contributed by atoms with Gasteiger partial charge in [-0.25, -0.2) is 0 Å². The van der Waals surface area contributed by atoms with E-state index >= 15 is 0 Å². The molecule has 4 nitrogen and oxygen atoms in total. The standard InChI is InChI=1S/C10H20N2O2/c13-6-9(7-14)11-10-5-12-3-1-8(10)2-4-12/h8-11,13-14H,1-7H2. The third-order valence-electron chi connectivity index (χ3n) is 3.55. The molecule has 1 atom stereocenters. The van der Waals surface area contributed by atoms with Gasteiger partial charge in [-0.05, 0) is 31.8 Å². The molecule has 0 amide bonds. The predicted octanol–water partition coefficient (Wildman–Crippen LogP) is -0.977. The van der Waals surface area contributed by atoms with Gasteiger partial charge in [-0.3, -0.25) is 0 Å². The molecule has 3 saturated heterocycles. The Labute approximate surface area is 84.9 Å². The molecule has 0 aromatic rings. The molecule has 3 rings (SSSR count). The summed E-state index contributed by atoms with van der Waals surface area (Å²) in [5.41, 5.74) is 0. The fraction of sp³-hybridized carbons (Fsp3) is 1.00. The third kappa shape index (κ3) is 2.08. The largest absolute Gasteiger partial charge is 0.395 e. The van der Waals surface area contributed by atoms with Crippen LogP contribution in [0.4, 0.5) is 0 Å². The average molecular weight is 200 g/mol. The smallest absolute Gasteiger partial charge is 0.0607 e. The van der Waals surface area contributed by atoms with Crippen molar-refractivity contribution in [1.29, 1.82) is 0 Å². The van der Waals surface area contributed by atoms with Gasteiger partial charge in [-0.2, -0.15) is 0 Å². The zero-order valence-electron chi connectivity index (χ0n) is 8.52. The number of hydrogen-bond donors (Lipinski definition) is 3. The maximum absolute atomic E-state index is 8.99. The molecule has 3 heterocycles. The Morgan fingerprint density at radius 3 is 2.29 bits per heavy atom. The summed E-state index contributed by atoms with van der Waals surface area (Å²) in [5.74, 6) is 0.751. The number of aliphatic hydroxyl groups is 2. The fourth-order valence-electron chi connectivity index (χ4n) is 2.62. The second-order valence-corrected chi connectivity index (χ2v) is 4.47. The minimum absolute atomic E-state index is 0.0275. The molecule has 0 aromatic carbocycles. The topological polar surface area (TPSA) is 55.7 Å². The summed E-state index contributed by atoms with van der Waals surface area (Å²) in [5, 5.41) is 21.3. The maximum Gasteiger partial charge on any atom is 0.0607 e. The normalized spacial score (nSPS) is 36.6. The molecular weight excluding hydrogens is 180 g/mol. The molecule has 3 aliphatic heterocycles. The van der Waals surface area contributed by atoms with Crippen LogP contribution in [0.15, 0.2) is 0 Å². The molecule has 0 spiro atoms. The van der Waals surface area contributed by atoms with E-state index in [-0.39, 0.29) is 19.3 Å². The maximum atomic E-state index is 8.99. The van der Waals surface area contributed by atoms with Crippen LogP contribution in [-0.2, 0) is 0 Å². The van der Waals surface area contributed by atoms with E-state index in [2.05, 4.69) is 10.2 Å². The van der Waals surface area contributed by atoms with E-state index in [1.807, 2.05) is 0 Å². The first-order valence-corrected chi connectivity index (χ1v) is 5.53. The zero-order valence-corrected chi connectivity index (χ0v) is 8.52. The Hall–Kier alpha value is -0.160. The van der Waals surface area contributed by atoms with Crippen LogP contribution in [0.1, 0.15) is 12.8 Å². The number of nitrogens with one attached hydrogen (secondary N) is 1. The minimum Gasteiger partial charge on any atom is -0.395 e. The highest BCUT2D eigenvalue weighted by Gasteiger charge is 2.34. The molecule has 14 heavy (non-hydrogen) atoms. The van der Waals surface area contributed by atoms with Crippen molar-refractivity contribution in [1.82, 2.24) is 10.2 Å². The average Bonchev–Trinajstić information content (AvgIpc) is 2.27. The van der Waals surface area contributed by atoms with E-state index in [0.717, 1.165) is 12.5 Å². The monoisotopic (exact) mass is 200 g/mol. The molecular formula is C10H20N2O2. The zero-order chi connectivity index (χ0) is 9.97. The molecule has 0 aliphatic carbocycles. The van der Waals surface area contributed by atoms with Crippen LogP contribution in [0.3, 0.4) is 0 Å². The van der Waals surface area contributed by atoms with E-state index in [4.69, 9.17) is 10.2 Å². The van der Waals surface area contributed by atoms with Gasteiger partial charge < -0.3 is 20.4 Å². The molecule has 1 unspecified atom stereocenters. The Bertz CT molecular complexity index is 177. The summed E-state index contributed by atoms with van der Waals surface area (Å²) in [7, 11) is 0. The lowest BCUT2D eigenvalue weighted by molar-refractivity contribution is 0.0536. The number of hydrogen-bond acceptors (Lipinski definition) is 4. The van der Waals surface area contributed by atoms with Gasteiger partial charge in [-0.15, -0.1) is 0 Å². The van der Waals surface area contributed by atoms with E-state index in [1.54, 1.807) is 0 Å². The molecule has 0 radical (unpaired) electrons. The van der Waals surface area contributed by atoms with Crippen molar-refractivity contribution in [2.24, 2.45) is 5.92 Å². The van der Waals surface area contributed by atoms with Crippen molar-refractivity contribution < 1.29 is 10.2 Å². The third-order valence-corrected chi connectivity index (χ3v) is 3.55. The van der Waals surface area contributed by atoms with Crippen LogP contribution < -0.4 is 5.32 Å². The van der Waals surface area contributed by atoms with Gasteiger partial charge in [0.25, 0.3) is 0 Å². The minimum atomic E-state index is -0.138. The van der Waals surface area contributed by atoms with Crippen molar-refractivity contribution in [3.05, 3.63) is 0 Å². The Balaban J connectivity index is 1.86. The Morgan fingerprint density at radius 2 is 1.86 bits per heavy atom. The van der Waals surface area contributed by atoms with Crippen molar-refractivity contribution in [3.8, 4) is 0 Å². The van der Waals surface area contributed by atoms with E-state index < -0.39 is 0 Å². The predicted molar refractivity (Wildman–Crippen MR) is 54.0 cm³/mol. The van der Waals surface area contributed by atoms with Crippen molar-refractivity contribution in [2.45, 2.75) is 24.9 Å². The van der Waals surface area contributed by atoms with Gasteiger partial charge in [0.2, 0.25) is 0 Å². The van der Waals surface area contributed by atoms with E-state index in [0.29, 0.717) is 6.04 Å². The molecule has 2 bridgehead atoms. The SMILES string of the molecule is OCC(CO)NC1CN2CCC1CC2. The van der Waals surface area contributed by atoms with Crippen LogP contribution >= 0.6 is 0 Å². The summed E-state index contributed by atoms with van der Waals surface area (Å²) >= 11 is 0. The first-order chi connectivity index (χ1) is 6.83. The molecule has 82 valence electrons. The van der Waals surface area contributed by atoms with Gasteiger partial charge in [0.15, 0.2) is 0 Å². The first-order valence-electron chi connectivity index (χ1n) is 5.53. The van der Waals surface area contributed by atoms with E-state index in [1.165, 1.54) is 25.9 Å². The molecule has 0 aromatic heterocycles. The number of aliphatic hydroxyl groups excluding tert-OH is 2. The molecule has 3 N–H and O–H groups in total. The van der Waals surface area contributed by atoms with Crippen LogP contribution in [0, 0.1) is 5.92 Å². The number of rotatable bonds is 4. The Morgan fingerprint density at radius 1 is 1.21 bits per heavy atom. The van der Waals surface area contributed by atoms with Gasteiger partial charge in [0.05, 0.1) is 19.3 Å². The number of fused-ring (bicyclic) bond motifs is 3. The van der Waals surface area contributed by atoms with Gasteiger partial charge >= 0.3 is 0 Å². The van der Waals surface area contributed by atoms with Crippen molar-refractivity contribution in [2.75, 3.05) is 32.8 Å². The number of nitrogens with zero attached hydrogens (tertiary/aromatic N) is 1.